The number of aryl methyl sites for hydroxylation is 2. The van der Waals surface area contributed by atoms with Gasteiger partial charge >= 0.3 is 11.3 Å². The van der Waals surface area contributed by atoms with Crippen LogP contribution in [0.2, 0.25) is 0 Å². The molecule has 0 aliphatic carbocycles. The monoisotopic (exact) mass is 384 g/mol. The number of aromatic hydroxyl groups is 4. The molecule has 0 fully saturated rings. The zero-order valence-electron chi connectivity index (χ0n) is 14.9. The van der Waals surface area contributed by atoms with Gasteiger partial charge in [0, 0.05) is 36.4 Å². The summed E-state index contributed by atoms with van der Waals surface area (Å²) < 4.78 is 9.66. The average molecular weight is 384 g/mol. The van der Waals surface area contributed by atoms with E-state index in [1.165, 1.54) is 36.4 Å². The lowest BCUT2D eigenvalue weighted by Crippen LogP contribution is -1.97. The van der Waals surface area contributed by atoms with Crippen LogP contribution in [0.3, 0.4) is 0 Å². The van der Waals surface area contributed by atoms with Gasteiger partial charge in [-0.2, -0.15) is 0 Å². The zero-order valence-corrected chi connectivity index (χ0v) is 14.9. The van der Waals surface area contributed by atoms with Gasteiger partial charge in [-0.3, -0.25) is 0 Å². The Morgan fingerprint density at radius 2 is 0.964 bits per heavy atom. The third-order valence-electron chi connectivity index (χ3n) is 4.01. The number of benzene rings is 2. The van der Waals surface area contributed by atoms with Gasteiger partial charge in [0.2, 0.25) is 0 Å². The number of phenolic OH excluding ortho intramolecular Hbond substituents is 4. The van der Waals surface area contributed by atoms with Gasteiger partial charge in [0.05, 0.1) is 10.8 Å². The van der Waals surface area contributed by atoms with Crippen LogP contribution >= 0.6 is 0 Å². The van der Waals surface area contributed by atoms with Crippen LogP contribution in [0.5, 0.6) is 23.0 Å². The van der Waals surface area contributed by atoms with Crippen LogP contribution in [0.25, 0.3) is 21.9 Å². The van der Waals surface area contributed by atoms with E-state index in [4.69, 9.17) is 8.83 Å². The van der Waals surface area contributed by atoms with E-state index < -0.39 is 11.3 Å². The molecule has 0 amide bonds. The van der Waals surface area contributed by atoms with Crippen molar-refractivity contribution in [1.82, 2.24) is 0 Å². The molecule has 0 unspecified atom stereocenters. The van der Waals surface area contributed by atoms with Crippen molar-refractivity contribution >= 4 is 21.9 Å². The molecule has 0 radical (unpaired) electrons. The van der Waals surface area contributed by atoms with Crippen molar-refractivity contribution in [2.75, 3.05) is 0 Å². The Morgan fingerprint density at radius 3 is 1.32 bits per heavy atom. The standard InChI is InChI=1S/2C10H8O4/c2*1-5-2-9(13)14-8-4-6(11)3-7(12)10(5)8/h2*2-4,11-12H,1H3. The number of phenols is 4. The fourth-order valence-corrected chi connectivity index (χ4v) is 2.90. The normalized spacial score (nSPS) is 10.6. The van der Waals surface area contributed by atoms with Gasteiger partial charge in [0.15, 0.2) is 0 Å². The molecule has 4 rings (SSSR count). The van der Waals surface area contributed by atoms with Crippen LogP contribution in [0.4, 0.5) is 0 Å². The van der Waals surface area contributed by atoms with Gasteiger partial charge in [-0.1, -0.05) is 0 Å². The Kier molecular flexibility index (Phi) is 4.70. The Hall–Kier alpha value is -3.94. The number of fused-ring (bicyclic) bond motifs is 2. The molecule has 0 aliphatic rings. The molecule has 144 valence electrons. The summed E-state index contributed by atoms with van der Waals surface area (Å²) in [5.41, 5.74) is 0.613. The second-order valence-electron chi connectivity index (χ2n) is 6.17. The molecule has 8 nitrogen and oxygen atoms in total. The predicted molar refractivity (Wildman–Crippen MR) is 101 cm³/mol. The van der Waals surface area contributed by atoms with Crippen molar-refractivity contribution in [1.29, 1.82) is 0 Å². The van der Waals surface area contributed by atoms with E-state index in [0.29, 0.717) is 21.9 Å². The van der Waals surface area contributed by atoms with Crippen LogP contribution in [-0.2, 0) is 0 Å². The predicted octanol–water partition coefficient (Wildman–Crippen LogP) is 3.03. The van der Waals surface area contributed by atoms with Crippen molar-refractivity contribution in [3.63, 3.8) is 0 Å². The van der Waals surface area contributed by atoms with Gasteiger partial charge in [0.1, 0.15) is 34.2 Å². The summed E-state index contributed by atoms with van der Waals surface area (Å²) in [7, 11) is 0. The van der Waals surface area contributed by atoms with Crippen molar-refractivity contribution in [2.45, 2.75) is 13.8 Å². The molecule has 0 aliphatic heterocycles. The Bertz CT molecular complexity index is 1210. The molecule has 0 saturated heterocycles. The first-order chi connectivity index (χ1) is 13.2. The highest BCUT2D eigenvalue weighted by Gasteiger charge is 2.09. The van der Waals surface area contributed by atoms with Crippen molar-refractivity contribution in [3.05, 3.63) is 68.4 Å². The molecule has 8 heteroatoms. The van der Waals surface area contributed by atoms with Crippen molar-refractivity contribution in [2.24, 2.45) is 0 Å². The summed E-state index contributed by atoms with van der Waals surface area (Å²) in [6, 6.07) is 7.58. The fraction of sp³-hybridized carbons (Fsp3) is 0.100. The first-order valence-corrected chi connectivity index (χ1v) is 8.08. The van der Waals surface area contributed by atoms with E-state index in [0.717, 1.165) is 0 Å². The summed E-state index contributed by atoms with van der Waals surface area (Å²) in [4.78, 5) is 22.0. The number of rotatable bonds is 0. The largest absolute Gasteiger partial charge is 0.508 e. The highest BCUT2D eigenvalue weighted by Crippen LogP contribution is 2.31. The van der Waals surface area contributed by atoms with E-state index >= 15 is 0 Å². The first-order valence-electron chi connectivity index (χ1n) is 8.08. The highest BCUT2D eigenvalue weighted by molar-refractivity contribution is 5.88. The molecule has 2 heterocycles. The molecule has 4 N–H and O–H groups in total. The van der Waals surface area contributed by atoms with Crippen molar-refractivity contribution < 1.29 is 29.3 Å². The lowest BCUT2D eigenvalue weighted by atomic mass is 10.1. The minimum absolute atomic E-state index is 0.0961. The fourth-order valence-electron chi connectivity index (χ4n) is 2.90. The van der Waals surface area contributed by atoms with E-state index in [2.05, 4.69) is 0 Å². The van der Waals surface area contributed by atoms with Gasteiger partial charge in [-0.15, -0.1) is 0 Å². The van der Waals surface area contributed by atoms with Crippen LogP contribution in [0.1, 0.15) is 11.1 Å². The topological polar surface area (TPSA) is 141 Å². The molecule has 0 bridgehead atoms. The van der Waals surface area contributed by atoms with Crippen LogP contribution in [0, 0.1) is 13.8 Å². The first kappa shape index (κ1) is 18.8. The van der Waals surface area contributed by atoms with Gasteiger partial charge in [-0.25, -0.2) is 9.59 Å². The molecule has 0 saturated carbocycles. The van der Waals surface area contributed by atoms with Crippen LogP contribution in [-0.4, -0.2) is 20.4 Å². The van der Waals surface area contributed by atoms with Gasteiger partial charge in [0.25, 0.3) is 0 Å². The minimum atomic E-state index is -0.500. The molecular formula is C20H16O8. The summed E-state index contributed by atoms with van der Waals surface area (Å²) in [5.74, 6) is -0.463. The van der Waals surface area contributed by atoms with E-state index in [1.807, 2.05) is 0 Å². The molecule has 2 aromatic heterocycles. The van der Waals surface area contributed by atoms with E-state index in [-0.39, 0.29) is 34.2 Å². The second-order valence-corrected chi connectivity index (χ2v) is 6.17. The molecule has 2 aromatic carbocycles. The molecule has 0 atom stereocenters. The quantitative estimate of drug-likeness (QED) is 0.339. The maximum absolute atomic E-state index is 11.0. The number of hydrogen-bond donors (Lipinski definition) is 4. The lowest BCUT2D eigenvalue weighted by molar-refractivity contribution is 0.449. The Morgan fingerprint density at radius 1 is 0.607 bits per heavy atom. The Balaban J connectivity index is 0.000000161. The second kappa shape index (κ2) is 6.99. The summed E-state index contributed by atoms with van der Waals surface area (Å²) in [6.07, 6.45) is 0. The zero-order chi connectivity index (χ0) is 20.6. The lowest BCUT2D eigenvalue weighted by Gasteiger charge is -2.03. The molecule has 0 spiro atoms. The molecular weight excluding hydrogens is 368 g/mol. The van der Waals surface area contributed by atoms with Crippen LogP contribution < -0.4 is 11.3 Å². The van der Waals surface area contributed by atoms with Gasteiger partial charge in [-0.05, 0) is 25.0 Å². The summed E-state index contributed by atoms with van der Waals surface area (Å²) in [6.45, 7) is 3.38. The van der Waals surface area contributed by atoms with Crippen molar-refractivity contribution in [3.8, 4) is 23.0 Å². The van der Waals surface area contributed by atoms with E-state index in [9.17, 15) is 30.0 Å². The maximum atomic E-state index is 11.0. The maximum Gasteiger partial charge on any atom is 0.336 e. The third-order valence-corrected chi connectivity index (χ3v) is 4.01. The van der Waals surface area contributed by atoms with E-state index in [1.54, 1.807) is 13.8 Å². The smallest absolute Gasteiger partial charge is 0.336 e. The SMILES string of the molecule is Cc1cc(=O)oc2cc(O)cc(O)c12.Cc1cc(=O)oc2cc(O)cc(O)c12. The summed E-state index contributed by atoms with van der Waals surface area (Å²) >= 11 is 0. The number of hydrogen-bond acceptors (Lipinski definition) is 8. The molecule has 4 aromatic rings. The Labute approximate surface area is 157 Å². The summed E-state index contributed by atoms with van der Waals surface area (Å²) in [5, 5.41) is 38.2. The average Bonchev–Trinajstić information content (AvgIpc) is 2.52. The molecule has 28 heavy (non-hydrogen) atoms. The van der Waals surface area contributed by atoms with Gasteiger partial charge < -0.3 is 29.3 Å². The van der Waals surface area contributed by atoms with Crippen LogP contribution in [0.15, 0.2) is 54.8 Å². The highest BCUT2D eigenvalue weighted by atomic mass is 16.4. The third kappa shape index (κ3) is 3.61. The minimum Gasteiger partial charge on any atom is -0.508 e.